The van der Waals surface area contributed by atoms with Crippen LogP contribution in [0.2, 0.25) is 0 Å². The molecule has 0 spiro atoms. The highest BCUT2D eigenvalue weighted by Crippen LogP contribution is 1.86. The SMILES string of the molecule is C=C[SiH](Cl)O[SiH3]. The lowest BCUT2D eigenvalue weighted by atomic mass is 11.3. The molecular weight excluding hydrogens is 132 g/mol. The molecule has 0 heterocycles. The first kappa shape index (κ1) is 6.42. The highest BCUT2D eigenvalue weighted by Gasteiger charge is 1.91. The molecule has 0 fully saturated rings. The minimum atomic E-state index is -1.36. The minimum Gasteiger partial charge on any atom is -0.452 e. The molecule has 0 amide bonds. The number of halogens is 1. The second kappa shape index (κ2) is 3.61. The van der Waals surface area contributed by atoms with Crippen LogP contribution < -0.4 is 0 Å². The van der Waals surface area contributed by atoms with Crippen molar-refractivity contribution in [1.29, 1.82) is 0 Å². The summed E-state index contributed by atoms with van der Waals surface area (Å²) in [5, 5.41) is 0. The van der Waals surface area contributed by atoms with Crippen LogP contribution in [0.5, 0.6) is 0 Å². The first-order valence-electron chi connectivity index (χ1n) is 1.60. The molecule has 6 heavy (non-hydrogen) atoms. The molecule has 0 aliphatic rings. The van der Waals surface area contributed by atoms with Crippen molar-refractivity contribution in [2.75, 3.05) is 0 Å². The maximum atomic E-state index is 5.48. The van der Waals surface area contributed by atoms with E-state index in [1.165, 1.54) is 0 Å². The maximum Gasteiger partial charge on any atom is 0.288 e. The van der Waals surface area contributed by atoms with Crippen LogP contribution in [-0.2, 0) is 4.12 Å². The average molecular weight is 139 g/mol. The summed E-state index contributed by atoms with van der Waals surface area (Å²) in [6.45, 7) is 3.46. The van der Waals surface area contributed by atoms with E-state index < -0.39 is 8.35 Å². The summed E-state index contributed by atoms with van der Waals surface area (Å²) >= 11 is 5.48. The Kier molecular flexibility index (Phi) is 3.86. The fourth-order valence-electron chi connectivity index (χ4n) is 0.0962. The molecule has 0 aromatic rings. The fourth-order valence-corrected chi connectivity index (χ4v) is 0.866. The van der Waals surface area contributed by atoms with Gasteiger partial charge >= 0.3 is 0 Å². The van der Waals surface area contributed by atoms with E-state index >= 15 is 0 Å². The lowest BCUT2D eigenvalue weighted by Crippen LogP contribution is -2.01. The van der Waals surface area contributed by atoms with Gasteiger partial charge in [0.15, 0.2) is 0 Å². The second-order valence-electron chi connectivity index (χ2n) is 0.823. The molecule has 0 saturated carbocycles. The number of hydrogen-bond donors (Lipinski definition) is 0. The van der Waals surface area contributed by atoms with E-state index in [0.717, 1.165) is 10.5 Å². The monoisotopic (exact) mass is 138 g/mol. The third-order valence-electron chi connectivity index (χ3n) is 0.410. The fraction of sp³-hybridized carbons (Fsp3) is 0. The molecule has 0 bridgehead atoms. The van der Waals surface area contributed by atoms with E-state index in [-0.39, 0.29) is 0 Å². The zero-order chi connectivity index (χ0) is 4.99. The molecule has 1 nitrogen and oxygen atoms in total. The smallest absolute Gasteiger partial charge is 0.288 e. The van der Waals surface area contributed by atoms with Crippen molar-refractivity contribution in [2.24, 2.45) is 0 Å². The standard InChI is InChI=1S/C2H7ClOSi2/c1-2-6(3)4-5/h2,6H,1H2,5H3. The van der Waals surface area contributed by atoms with Crippen molar-refractivity contribution < 1.29 is 4.12 Å². The molecule has 36 valence electrons. The Bertz CT molecular complexity index is 48.8. The molecule has 0 N–H and O–H groups in total. The van der Waals surface area contributed by atoms with Crippen LogP contribution in [0.25, 0.3) is 0 Å². The van der Waals surface area contributed by atoms with Crippen LogP contribution in [0.15, 0.2) is 12.3 Å². The Morgan fingerprint density at radius 3 is 2.50 bits per heavy atom. The quantitative estimate of drug-likeness (QED) is 0.368. The lowest BCUT2D eigenvalue weighted by Gasteiger charge is -1.92. The van der Waals surface area contributed by atoms with Gasteiger partial charge in [0.2, 0.25) is 0 Å². The van der Waals surface area contributed by atoms with Gasteiger partial charge < -0.3 is 4.12 Å². The van der Waals surface area contributed by atoms with Crippen molar-refractivity contribution in [3.05, 3.63) is 12.3 Å². The van der Waals surface area contributed by atoms with Crippen LogP contribution in [0.3, 0.4) is 0 Å². The van der Waals surface area contributed by atoms with Gasteiger partial charge in [0.1, 0.15) is 10.5 Å². The minimum absolute atomic E-state index is 0.741. The van der Waals surface area contributed by atoms with Crippen molar-refractivity contribution >= 4 is 29.9 Å². The van der Waals surface area contributed by atoms with Crippen LogP contribution in [0.1, 0.15) is 0 Å². The zero-order valence-electron chi connectivity index (χ0n) is 3.65. The van der Waals surface area contributed by atoms with Crippen LogP contribution in [0, 0.1) is 0 Å². The molecule has 0 rings (SSSR count). The second-order valence-corrected chi connectivity index (χ2v) is 5.17. The summed E-state index contributed by atoms with van der Waals surface area (Å²) in [6.07, 6.45) is 0. The third kappa shape index (κ3) is 2.65. The highest BCUT2D eigenvalue weighted by molar-refractivity contribution is 7.07. The highest BCUT2D eigenvalue weighted by atomic mass is 35.6. The van der Waals surface area contributed by atoms with Gasteiger partial charge in [0.25, 0.3) is 8.35 Å². The van der Waals surface area contributed by atoms with E-state index in [0.29, 0.717) is 0 Å². The largest absolute Gasteiger partial charge is 0.452 e. The predicted molar refractivity (Wildman–Crippen MR) is 34.2 cm³/mol. The van der Waals surface area contributed by atoms with Crippen molar-refractivity contribution in [3.8, 4) is 0 Å². The van der Waals surface area contributed by atoms with Gasteiger partial charge in [-0.05, 0) is 0 Å². The summed E-state index contributed by atoms with van der Waals surface area (Å²) in [4.78, 5) is 0. The van der Waals surface area contributed by atoms with Crippen LogP contribution in [-0.4, -0.2) is 18.8 Å². The Morgan fingerprint density at radius 1 is 2.00 bits per heavy atom. The lowest BCUT2D eigenvalue weighted by molar-refractivity contribution is 0.667. The van der Waals surface area contributed by atoms with E-state index in [1.807, 2.05) is 0 Å². The number of hydrogen-bond acceptors (Lipinski definition) is 1. The molecule has 4 heteroatoms. The van der Waals surface area contributed by atoms with Gasteiger partial charge in [0, 0.05) is 0 Å². The van der Waals surface area contributed by atoms with Gasteiger partial charge in [0.05, 0.1) is 0 Å². The first-order chi connectivity index (χ1) is 2.81. The third-order valence-corrected chi connectivity index (χ3v) is 4.72. The molecular formula is C2H7ClOSi2. The average Bonchev–Trinajstić information content (AvgIpc) is 1.65. The maximum absolute atomic E-state index is 5.48. The Labute approximate surface area is 46.9 Å². The van der Waals surface area contributed by atoms with E-state index in [9.17, 15) is 0 Å². The number of rotatable bonds is 2. The Balaban J connectivity index is 2.96. The van der Waals surface area contributed by atoms with Crippen molar-refractivity contribution in [2.45, 2.75) is 0 Å². The molecule has 0 aliphatic heterocycles. The summed E-state index contributed by atoms with van der Waals surface area (Å²) < 4.78 is 4.82. The summed E-state index contributed by atoms with van der Waals surface area (Å²) in [5.41, 5.74) is 1.69. The summed E-state index contributed by atoms with van der Waals surface area (Å²) in [6, 6.07) is 0. The first-order valence-corrected chi connectivity index (χ1v) is 5.30. The molecule has 0 radical (unpaired) electrons. The Hall–Kier alpha value is 0.424. The van der Waals surface area contributed by atoms with Crippen molar-refractivity contribution in [1.82, 2.24) is 0 Å². The van der Waals surface area contributed by atoms with Crippen LogP contribution in [0.4, 0.5) is 0 Å². The zero-order valence-corrected chi connectivity index (χ0v) is 7.56. The van der Waals surface area contributed by atoms with Crippen molar-refractivity contribution in [3.63, 3.8) is 0 Å². The summed E-state index contributed by atoms with van der Waals surface area (Å²) in [5.74, 6) is 0. The molecule has 0 aromatic heterocycles. The molecule has 1 unspecified atom stereocenters. The normalized spacial score (nSPS) is 14.2. The molecule has 0 saturated heterocycles. The van der Waals surface area contributed by atoms with Crippen LogP contribution >= 0.6 is 11.1 Å². The topological polar surface area (TPSA) is 9.23 Å². The van der Waals surface area contributed by atoms with E-state index in [1.54, 1.807) is 5.70 Å². The molecule has 0 aromatic carbocycles. The molecule has 0 aliphatic carbocycles. The molecule has 1 atom stereocenters. The van der Waals surface area contributed by atoms with Gasteiger partial charge in [-0.25, -0.2) is 0 Å². The van der Waals surface area contributed by atoms with Gasteiger partial charge in [-0.2, -0.15) is 0 Å². The van der Waals surface area contributed by atoms with E-state index in [4.69, 9.17) is 15.2 Å². The Morgan fingerprint density at radius 2 is 2.50 bits per heavy atom. The van der Waals surface area contributed by atoms with Gasteiger partial charge in [-0.3, -0.25) is 0 Å². The summed E-state index contributed by atoms with van der Waals surface area (Å²) in [7, 11) is -0.622. The van der Waals surface area contributed by atoms with E-state index in [2.05, 4.69) is 6.58 Å². The van der Waals surface area contributed by atoms with Gasteiger partial charge in [-0.15, -0.1) is 17.7 Å². The predicted octanol–water partition coefficient (Wildman–Crippen LogP) is -0.532. The van der Waals surface area contributed by atoms with Gasteiger partial charge in [-0.1, -0.05) is 5.70 Å².